The molecule has 0 aromatic heterocycles. The van der Waals surface area contributed by atoms with Crippen LogP contribution in [-0.4, -0.2) is 18.8 Å². The van der Waals surface area contributed by atoms with E-state index in [-0.39, 0.29) is 5.91 Å². The van der Waals surface area contributed by atoms with Gasteiger partial charge in [-0.2, -0.15) is 0 Å². The van der Waals surface area contributed by atoms with Crippen molar-refractivity contribution >= 4 is 29.4 Å². The first-order chi connectivity index (χ1) is 10.3. The smallest absolute Gasteiger partial charge is 0.255 e. The summed E-state index contributed by atoms with van der Waals surface area (Å²) in [5.74, 6) is 0.699. The fourth-order valence-corrected chi connectivity index (χ4v) is 2.75. The highest BCUT2D eigenvalue weighted by molar-refractivity contribution is 7.98. The second kappa shape index (κ2) is 6.06. The largest absolute Gasteiger partial charge is 0.488 e. The molecule has 1 heterocycles. The van der Waals surface area contributed by atoms with Crippen LogP contribution in [0.4, 0.5) is 5.69 Å². The molecule has 1 N–H and O–H groups in total. The molecule has 106 valence electrons. The maximum atomic E-state index is 12.4. The first kappa shape index (κ1) is 13.8. The molecule has 0 unspecified atom stereocenters. The lowest BCUT2D eigenvalue weighted by atomic mass is 10.1. The molecule has 1 amide bonds. The van der Waals surface area contributed by atoms with Crippen molar-refractivity contribution in [2.24, 2.45) is 0 Å². The van der Waals surface area contributed by atoms with E-state index < -0.39 is 0 Å². The number of nitrogens with one attached hydrogen (secondary N) is 1. The first-order valence-corrected chi connectivity index (χ1v) is 7.87. The quantitative estimate of drug-likeness (QED) is 0.875. The molecule has 4 heteroatoms. The van der Waals surface area contributed by atoms with E-state index in [9.17, 15) is 4.79 Å². The average Bonchev–Trinajstić information content (AvgIpc) is 2.55. The Hall–Kier alpha value is -2.20. The molecule has 2 aromatic carbocycles. The Labute approximate surface area is 128 Å². The van der Waals surface area contributed by atoms with Gasteiger partial charge >= 0.3 is 0 Å². The van der Waals surface area contributed by atoms with Crippen LogP contribution in [0.2, 0.25) is 0 Å². The SMILES string of the molecule is CSc1ccccc1NC(=O)C1=Cc2ccccc2OC1. The Bertz CT molecular complexity index is 709. The molecule has 3 nitrogen and oxygen atoms in total. The highest BCUT2D eigenvalue weighted by Gasteiger charge is 2.17. The lowest BCUT2D eigenvalue weighted by molar-refractivity contribution is -0.113. The predicted molar refractivity (Wildman–Crippen MR) is 86.8 cm³/mol. The zero-order valence-corrected chi connectivity index (χ0v) is 12.4. The van der Waals surface area contributed by atoms with Crippen LogP contribution < -0.4 is 10.1 Å². The van der Waals surface area contributed by atoms with Crippen LogP contribution in [0, 0.1) is 0 Å². The van der Waals surface area contributed by atoms with E-state index >= 15 is 0 Å². The van der Waals surface area contributed by atoms with Crippen LogP contribution in [-0.2, 0) is 4.79 Å². The molecule has 2 aromatic rings. The van der Waals surface area contributed by atoms with E-state index in [0.29, 0.717) is 12.2 Å². The summed E-state index contributed by atoms with van der Waals surface area (Å²) in [5.41, 5.74) is 2.39. The Morgan fingerprint density at radius 3 is 2.76 bits per heavy atom. The van der Waals surface area contributed by atoms with Crippen molar-refractivity contribution in [3.8, 4) is 5.75 Å². The lowest BCUT2D eigenvalue weighted by Gasteiger charge is -2.18. The van der Waals surface area contributed by atoms with Crippen LogP contribution in [0.1, 0.15) is 5.56 Å². The number of hydrogen-bond donors (Lipinski definition) is 1. The molecule has 21 heavy (non-hydrogen) atoms. The Morgan fingerprint density at radius 2 is 1.90 bits per heavy atom. The summed E-state index contributed by atoms with van der Waals surface area (Å²) >= 11 is 1.61. The Morgan fingerprint density at radius 1 is 1.14 bits per heavy atom. The second-order valence-electron chi connectivity index (χ2n) is 4.65. The van der Waals surface area contributed by atoms with Gasteiger partial charge in [0.2, 0.25) is 0 Å². The number of thioether (sulfide) groups is 1. The number of anilines is 1. The van der Waals surface area contributed by atoms with Crippen LogP contribution in [0.3, 0.4) is 0 Å². The summed E-state index contributed by atoms with van der Waals surface area (Å²) in [5, 5.41) is 2.95. The van der Waals surface area contributed by atoms with Gasteiger partial charge in [0.05, 0.1) is 11.3 Å². The van der Waals surface area contributed by atoms with Crippen LogP contribution in [0.15, 0.2) is 59.0 Å². The zero-order chi connectivity index (χ0) is 14.7. The Kier molecular flexibility index (Phi) is 3.97. The number of carbonyl (C=O) groups excluding carboxylic acids is 1. The van der Waals surface area contributed by atoms with Gasteiger partial charge in [0.25, 0.3) is 5.91 Å². The van der Waals surface area contributed by atoms with Gasteiger partial charge in [-0.05, 0) is 30.5 Å². The molecule has 0 fully saturated rings. The lowest BCUT2D eigenvalue weighted by Crippen LogP contribution is -2.21. The van der Waals surface area contributed by atoms with Gasteiger partial charge in [-0.1, -0.05) is 30.3 Å². The van der Waals surface area contributed by atoms with E-state index in [1.165, 1.54) is 0 Å². The van der Waals surface area contributed by atoms with Crippen molar-refractivity contribution in [2.75, 3.05) is 18.2 Å². The topological polar surface area (TPSA) is 38.3 Å². The molecule has 0 saturated carbocycles. The standard InChI is InChI=1S/C17H15NO2S/c1-21-16-9-5-3-7-14(16)18-17(19)13-10-12-6-2-4-8-15(12)20-11-13/h2-10H,11H2,1H3,(H,18,19). The fourth-order valence-electron chi connectivity index (χ4n) is 2.20. The molecule has 0 spiro atoms. The number of rotatable bonds is 3. The number of hydrogen-bond acceptors (Lipinski definition) is 3. The molecule has 3 rings (SSSR count). The summed E-state index contributed by atoms with van der Waals surface area (Å²) in [6.45, 7) is 0.296. The van der Waals surface area contributed by atoms with Gasteiger partial charge in [-0.3, -0.25) is 4.79 Å². The monoisotopic (exact) mass is 297 g/mol. The van der Waals surface area contributed by atoms with Gasteiger partial charge in [0, 0.05) is 10.5 Å². The molecule has 0 aliphatic carbocycles. The second-order valence-corrected chi connectivity index (χ2v) is 5.50. The maximum absolute atomic E-state index is 12.4. The summed E-state index contributed by atoms with van der Waals surface area (Å²) < 4.78 is 5.62. The molecular formula is C17H15NO2S. The van der Waals surface area contributed by atoms with Gasteiger partial charge in [-0.25, -0.2) is 0 Å². The number of carbonyl (C=O) groups is 1. The number of para-hydroxylation sites is 2. The summed E-state index contributed by atoms with van der Waals surface area (Å²) in [6, 6.07) is 15.5. The molecule has 0 radical (unpaired) electrons. The third-order valence-electron chi connectivity index (χ3n) is 3.28. The van der Waals surface area contributed by atoms with E-state index in [1.54, 1.807) is 11.8 Å². The molecule has 1 aliphatic rings. The highest BCUT2D eigenvalue weighted by atomic mass is 32.2. The normalized spacial score (nSPS) is 12.9. The van der Waals surface area contributed by atoms with E-state index in [2.05, 4.69) is 5.32 Å². The van der Waals surface area contributed by atoms with Gasteiger partial charge in [-0.15, -0.1) is 11.8 Å². The van der Waals surface area contributed by atoms with Gasteiger partial charge in [0.1, 0.15) is 12.4 Å². The fraction of sp³-hybridized carbons (Fsp3) is 0.118. The van der Waals surface area contributed by atoms with Crippen LogP contribution in [0.25, 0.3) is 6.08 Å². The van der Waals surface area contributed by atoms with Crippen molar-refractivity contribution in [2.45, 2.75) is 4.90 Å². The summed E-state index contributed by atoms with van der Waals surface area (Å²) in [6.07, 6.45) is 3.88. The molecular weight excluding hydrogens is 282 g/mol. The van der Waals surface area contributed by atoms with Crippen molar-refractivity contribution in [3.63, 3.8) is 0 Å². The maximum Gasteiger partial charge on any atom is 0.255 e. The van der Waals surface area contributed by atoms with E-state index in [0.717, 1.165) is 21.9 Å². The molecule has 0 saturated heterocycles. The Balaban J connectivity index is 1.82. The van der Waals surface area contributed by atoms with Crippen LogP contribution >= 0.6 is 11.8 Å². The van der Waals surface area contributed by atoms with E-state index in [1.807, 2.05) is 60.9 Å². The molecule has 0 bridgehead atoms. The third kappa shape index (κ3) is 2.95. The average molecular weight is 297 g/mol. The van der Waals surface area contributed by atoms with E-state index in [4.69, 9.17) is 4.74 Å². The van der Waals surface area contributed by atoms with Crippen LogP contribution in [0.5, 0.6) is 5.75 Å². The minimum Gasteiger partial charge on any atom is -0.488 e. The number of benzene rings is 2. The zero-order valence-electron chi connectivity index (χ0n) is 11.6. The first-order valence-electron chi connectivity index (χ1n) is 6.64. The van der Waals surface area contributed by atoms with Crippen molar-refractivity contribution in [1.29, 1.82) is 0 Å². The number of amides is 1. The predicted octanol–water partition coefficient (Wildman–Crippen LogP) is 3.82. The minimum absolute atomic E-state index is 0.119. The number of fused-ring (bicyclic) bond motifs is 1. The summed E-state index contributed by atoms with van der Waals surface area (Å²) in [4.78, 5) is 13.4. The van der Waals surface area contributed by atoms with Gasteiger partial charge < -0.3 is 10.1 Å². The number of ether oxygens (including phenoxy) is 1. The van der Waals surface area contributed by atoms with Gasteiger partial charge in [0.15, 0.2) is 0 Å². The molecule has 0 atom stereocenters. The van der Waals surface area contributed by atoms with Crippen molar-refractivity contribution < 1.29 is 9.53 Å². The highest BCUT2D eigenvalue weighted by Crippen LogP contribution is 2.28. The molecule has 1 aliphatic heterocycles. The summed E-state index contributed by atoms with van der Waals surface area (Å²) in [7, 11) is 0. The van der Waals surface area contributed by atoms with Crippen molar-refractivity contribution in [3.05, 3.63) is 59.7 Å². The van der Waals surface area contributed by atoms with Crippen molar-refractivity contribution in [1.82, 2.24) is 0 Å². The minimum atomic E-state index is -0.119. The third-order valence-corrected chi connectivity index (χ3v) is 4.07.